The van der Waals surface area contributed by atoms with Gasteiger partial charge in [-0.2, -0.15) is 0 Å². The second-order valence-corrected chi connectivity index (χ2v) is 7.49. The van der Waals surface area contributed by atoms with Crippen LogP contribution in [0.3, 0.4) is 0 Å². The highest BCUT2D eigenvalue weighted by atomic mass is 16.7. The van der Waals surface area contributed by atoms with Crippen molar-refractivity contribution in [2.75, 3.05) is 19.9 Å². The van der Waals surface area contributed by atoms with Gasteiger partial charge < -0.3 is 13.9 Å². The summed E-state index contributed by atoms with van der Waals surface area (Å²) in [6, 6.07) is 12.5. The van der Waals surface area contributed by atoms with Crippen LogP contribution in [0.2, 0.25) is 0 Å². The first-order valence-corrected chi connectivity index (χ1v) is 10.2. The molecule has 0 aliphatic carbocycles. The molecular formula is C22H21N3O6. The average Bonchev–Trinajstić information content (AvgIpc) is 3.49. The number of nitrogens with zero attached hydrogens (tertiary/aromatic N) is 3. The molecule has 31 heavy (non-hydrogen) atoms. The molecule has 160 valence electrons. The van der Waals surface area contributed by atoms with Crippen LogP contribution in [0.4, 0.5) is 0 Å². The van der Waals surface area contributed by atoms with Crippen molar-refractivity contribution in [3.8, 4) is 11.5 Å². The molecule has 2 aliphatic heterocycles. The highest BCUT2D eigenvalue weighted by molar-refractivity contribution is 5.84. The summed E-state index contributed by atoms with van der Waals surface area (Å²) in [6.07, 6.45) is 0.969. The molecule has 2 aliphatic rings. The number of aromatic nitrogens is 1. The summed E-state index contributed by atoms with van der Waals surface area (Å²) in [7, 11) is 0. The molecule has 2 amide bonds. The zero-order valence-corrected chi connectivity index (χ0v) is 16.8. The van der Waals surface area contributed by atoms with Crippen molar-refractivity contribution in [1.29, 1.82) is 0 Å². The number of aryl methyl sites for hydroxylation is 1. The number of carbonyl (C=O) groups is 2. The Bertz CT molecular complexity index is 1210. The summed E-state index contributed by atoms with van der Waals surface area (Å²) < 4.78 is 17.3. The number of hydrogen-bond acceptors (Lipinski definition) is 6. The minimum atomic E-state index is -0.494. The summed E-state index contributed by atoms with van der Waals surface area (Å²) >= 11 is 0. The number of oxazole rings is 1. The van der Waals surface area contributed by atoms with Gasteiger partial charge >= 0.3 is 5.76 Å². The standard InChI is InChI=1S/C22H21N3O6/c26-20(8-11-23-16-4-1-2-5-17(16)31-22(23)28)24-9-3-10-25(24)21(27)13-15-6-7-18-19(12-15)30-14-29-18/h1-2,4-7,12H,3,8-11,13-14H2. The number of fused-ring (bicyclic) bond motifs is 2. The molecule has 0 radical (unpaired) electrons. The van der Waals surface area contributed by atoms with Gasteiger partial charge in [0.05, 0.1) is 11.9 Å². The number of ether oxygens (including phenoxy) is 2. The normalized spacial score (nSPS) is 15.1. The monoisotopic (exact) mass is 423 g/mol. The fourth-order valence-corrected chi connectivity index (χ4v) is 4.01. The summed E-state index contributed by atoms with van der Waals surface area (Å²) in [4.78, 5) is 37.9. The Morgan fingerprint density at radius 2 is 1.71 bits per heavy atom. The van der Waals surface area contributed by atoms with Gasteiger partial charge in [-0.15, -0.1) is 0 Å². The lowest BCUT2D eigenvalue weighted by molar-refractivity contribution is -0.157. The van der Waals surface area contributed by atoms with E-state index in [4.69, 9.17) is 13.9 Å². The van der Waals surface area contributed by atoms with Crippen molar-refractivity contribution in [2.24, 2.45) is 0 Å². The van der Waals surface area contributed by atoms with Crippen molar-refractivity contribution in [3.63, 3.8) is 0 Å². The zero-order chi connectivity index (χ0) is 21.4. The first-order valence-electron chi connectivity index (χ1n) is 10.2. The highest BCUT2D eigenvalue weighted by Gasteiger charge is 2.30. The van der Waals surface area contributed by atoms with Crippen molar-refractivity contribution in [2.45, 2.75) is 25.8 Å². The lowest BCUT2D eigenvalue weighted by Crippen LogP contribution is -2.45. The van der Waals surface area contributed by atoms with E-state index in [0.717, 1.165) is 5.56 Å². The molecule has 1 fully saturated rings. The molecule has 3 heterocycles. The third-order valence-corrected chi connectivity index (χ3v) is 5.52. The molecule has 5 rings (SSSR count). The van der Waals surface area contributed by atoms with Crippen LogP contribution in [0, 0.1) is 0 Å². The van der Waals surface area contributed by atoms with Crippen LogP contribution in [0.1, 0.15) is 18.4 Å². The lowest BCUT2D eigenvalue weighted by atomic mass is 10.1. The van der Waals surface area contributed by atoms with Crippen molar-refractivity contribution in [3.05, 3.63) is 58.6 Å². The minimum absolute atomic E-state index is 0.0945. The zero-order valence-electron chi connectivity index (χ0n) is 16.8. The number of hydrogen-bond donors (Lipinski definition) is 0. The summed E-state index contributed by atoms with van der Waals surface area (Å²) in [5, 5.41) is 2.99. The molecular weight excluding hydrogens is 402 g/mol. The van der Waals surface area contributed by atoms with E-state index in [1.165, 1.54) is 14.6 Å². The van der Waals surface area contributed by atoms with E-state index >= 15 is 0 Å². The van der Waals surface area contributed by atoms with Crippen LogP contribution in [-0.4, -0.2) is 46.3 Å². The number of carbonyl (C=O) groups excluding carboxylic acids is 2. The second kappa shape index (κ2) is 7.82. The molecule has 0 bridgehead atoms. The van der Waals surface area contributed by atoms with Crippen LogP contribution in [0.15, 0.2) is 51.7 Å². The summed E-state index contributed by atoms with van der Waals surface area (Å²) in [5.74, 6) is 0.434. The van der Waals surface area contributed by atoms with E-state index in [1.54, 1.807) is 30.3 Å². The Morgan fingerprint density at radius 3 is 2.58 bits per heavy atom. The number of benzene rings is 2. The Morgan fingerprint density at radius 1 is 0.935 bits per heavy atom. The molecule has 1 saturated heterocycles. The summed E-state index contributed by atoms with van der Waals surface area (Å²) in [6.45, 7) is 1.34. The van der Waals surface area contributed by atoms with Crippen LogP contribution in [0.5, 0.6) is 11.5 Å². The Hall–Kier alpha value is -3.75. The second-order valence-electron chi connectivity index (χ2n) is 7.49. The number of amides is 2. The SMILES string of the molecule is O=C(CCn1c(=O)oc2ccccc21)N1CCCN1C(=O)Cc1ccc2c(c1)OCO2. The highest BCUT2D eigenvalue weighted by Crippen LogP contribution is 2.32. The molecule has 0 saturated carbocycles. The number of hydrazine groups is 1. The van der Waals surface area contributed by atoms with Crippen LogP contribution >= 0.6 is 0 Å². The van der Waals surface area contributed by atoms with Gasteiger partial charge in [-0.3, -0.25) is 24.2 Å². The first-order chi connectivity index (χ1) is 15.1. The molecule has 0 atom stereocenters. The van der Waals surface area contributed by atoms with Gasteiger partial charge in [-0.25, -0.2) is 4.79 Å². The maximum atomic E-state index is 12.9. The van der Waals surface area contributed by atoms with Crippen LogP contribution < -0.4 is 15.2 Å². The first kappa shape index (κ1) is 19.2. The number of rotatable bonds is 5. The van der Waals surface area contributed by atoms with Gasteiger partial charge in [0.1, 0.15) is 0 Å². The molecule has 3 aromatic rings. The Kier molecular flexibility index (Phi) is 4.85. The smallest absolute Gasteiger partial charge is 0.419 e. The van der Waals surface area contributed by atoms with Gasteiger partial charge in [0.2, 0.25) is 18.6 Å². The molecule has 0 N–H and O–H groups in total. The molecule has 9 nitrogen and oxygen atoms in total. The van der Waals surface area contributed by atoms with Crippen molar-refractivity contribution < 1.29 is 23.5 Å². The summed E-state index contributed by atoms with van der Waals surface area (Å²) in [5.41, 5.74) is 1.93. The molecule has 2 aromatic carbocycles. The van der Waals surface area contributed by atoms with Gasteiger partial charge in [0.25, 0.3) is 0 Å². The largest absolute Gasteiger partial charge is 0.454 e. The number of para-hydroxylation sites is 2. The maximum absolute atomic E-state index is 12.9. The van der Waals surface area contributed by atoms with Crippen molar-refractivity contribution in [1.82, 2.24) is 14.6 Å². The van der Waals surface area contributed by atoms with Gasteiger partial charge in [0, 0.05) is 26.1 Å². The van der Waals surface area contributed by atoms with E-state index < -0.39 is 5.76 Å². The quantitative estimate of drug-likeness (QED) is 0.623. The Labute approximate surface area is 177 Å². The predicted molar refractivity (Wildman–Crippen MR) is 109 cm³/mol. The lowest BCUT2D eigenvalue weighted by Gasteiger charge is -2.28. The van der Waals surface area contributed by atoms with E-state index in [0.29, 0.717) is 42.1 Å². The maximum Gasteiger partial charge on any atom is 0.419 e. The molecule has 1 aromatic heterocycles. The third-order valence-electron chi connectivity index (χ3n) is 5.52. The van der Waals surface area contributed by atoms with Gasteiger partial charge in [0.15, 0.2) is 17.1 Å². The fraction of sp³-hybridized carbons (Fsp3) is 0.318. The molecule has 0 spiro atoms. The topological polar surface area (TPSA) is 94.2 Å². The fourth-order valence-electron chi connectivity index (χ4n) is 4.01. The van der Waals surface area contributed by atoms with Gasteiger partial charge in [-0.05, 0) is 36.2 Å². The van der Waals surface area contributed by atoms with Crippen molar-refractivity contribution >= 4 is 22.9 Å². The Balaban J connectivity index is 1.25. The predicted octanol–water partition coefficient (Wildman–Crippen LogP) is 1.93. The average molecular weight is 423 g/mol. The molecule has 0 unspecified atom stereocenters. The molecule has 9 heteroatoms. The van der Waals surface area contributed by atoms with E-state index in [2.05, 4.69) is 0 Å². The van der Waals surface area contributed by atoms with Crippen LogP contribution in [-0.2, 0) is 22.6 Å². The van der Waals surface area contributed by atoms with E-state index in [1.807, 2.05) is 12.1 Å². The van der Waals surface area contributed by atoms with E-state index in [-0.39, 0.29) is 38.0 Å². The van der Waals surface area contributed by atoms with E-state index in [9.17, 15) is 14.4 Å². The van der Waals surface area contributed by atoms with Gasteiger partial charge in [-0.1, -0.05) is 18.2 Å². The van der Waals surface area contributed by atoms with Crippen LogP contribution in [0.25, 0.3) is 11.1 Å². The minimum Gasteiger partial charge on any atom is -0.454 e. The third kappa shape index (κ3) is 3.63.